The summed E-state index contributed by atoms with van der Waals surface area (Å²) in [5.74, 6) is -0.183. The fraction of sp³-hybridized carbons (Fsp3) is 0.417. The molecule has 0 fully saturated rings. The van der Waals surface area contributed by atoms with Crippen LogP contribution in [-0.4, -0.2) is 18.4 Å². The van der Waals surface area contributed by atoms with Gasteiger partial charge in [0.25, 0.3) is 0 Å². The molecule has 0 aliphatic heterocycles. The maximum Gasteiger partial charge on any atom is 0.304 e. The average molecular weight is 260 g/mol. The summed E-state index contributed by atoms with van der Waals surface area (Å²) >= 11 is 5.56. The monoisotopic (exact) mass is 259 g/mol. The van der Waals surface area contributed by atoms with E-state index in [1.54, 1.807) is 12.1 Å². The predicted octanol–water partition coefficient (Wildman–Crippen LogP) is 2.61. The van der Waals surface area contributed by atoms with Gasteiger partial charge in [-0.05, 0) is 25.1 Å². The van der Waals surface area contributed by atoms with Gasteiger partial charge in [0.2, 0.25) is 0 Å². The molecule has 94 valence electrons. The van der Waals surface area contributed by atoms with Crippen LogP contribution in [0.2, 0.25) is 0 Å². The third kappa shape index (κ3) is 5.15. The molecule has 0 saturated heterocycles. The minimum Gasteiger partial charge on any atom is -0.442 e. The van der Waals surface area contributed by atoms with E-state index < -0.39 is 12.2 Å². The van der Waals surface area contributed by atoms with Gasteiger partial charge in [0, 0.05) is 18.4 Å². The molecular formula is C12H15ClFNO2. The standard InChI is InChI=1S/C12H15ClFNO2/c1-9(16)17-12(15-8-2-7-13)10-3-5-11(14)6-4-10/h3-6,12,15H,2,7-8H2,1H3. The molecule has 1 aromatic rings. The molecule has 0 bridgehead atoms. The Balaban J connectivity index is 2.67. The number of nitrogens with one attached hydrogen (secondary N) is 1. The number of halogens is 2. The van der Waals surface area contributed by atoms with Crippen LogP contribution < -0.4 is 5.32 Å². The zero-order valence-electron chi connectivity index (χ0n) is 9.58. The largest absolute Gasteiger partial charge is 0.442 e. The number of benzene rings is 1. The molecule has 17 heavy (non-hydrogen) atoms. The van der Waals surface area contributed by atoms with Crippen LogP contribution >= 0.6 is 11.6 Å². The van der Waals surface area contributed by atoms with Crippen LogP contribution in [0.15, 0.2) is 24.3 Å². The van der Waals surface area contributed by atoms with Gasteiger partial charge in [-0.25, -0.2) is 4.39 Å². The summed E-state index contributed by atoms with van der Waals surface area (Å²) in [5.41, 5.74) is 0.705. The Bertz CT molecular complexity index is 356. The zero-order valence-corrected chi connectivity index (χ0v) is 10.3. The second kappa shape index (κ2) is 7.25. The third-order valence-electron chi connectivity index (χ3n) is 2.10. The van der Waals surface area contributed by atoms with Gasteiger partial charge in [-0.15, -0.1) is 11.6 Å². The molecule has 1 N–H and O–H groups in total. The second-order valence-electron chi connectivity index (χ2n) is 3.54. The van der Waals surface area contributed by atoms with E-state index in [9.17, 15) is 9.18 Å². The van der Waals surface area contributed by atoms with Gasteiger partial charge >= 0.3 is 5.97 Å². The van der Waals surface area contributed by atoms with Crippen molar-refractivity contribution in [1.82, 2.24) is 5.32 Å². The van der Waals surface area contributed by atoms with E-state index in [4.69, 9.17) is 16.3 Å². The van der Waals surface area contributed by atoms with E-state index in [1.165, 1.54) is 19.1 Å². The Morgan fingerprint density at radius 3 is 2.65 bits per heavy atom. The number of rotatable bonds is 6. The highest BCUT2D eigenvalue weighted by molar-refractivity contribution is 6.17. The van der Waals surface area contributed by atoms with E-state index in [0.717, 1.165) is 6.42 Å². The van der Waals surface area contributed by atoms with Crippen LogP contribution in [0.5, 0.6) is 0 Å². The third-order valence-corrected chi connectivity index (χ3v) is 2.36. The van der Waals surface area contributed by atoms with Gasteiger partial charge < -0.3 is 4.74 Å². The van der Waals surface area contributed by atoms with Crippen LogP contribution in [0.3, 0.4) is 0 Å². The molecule has 1 unspecified atom stereocenters. The lowest BCUT2D eigenvalue weighted by atomic mass is 10.2. The topological polar surface area (TPSA) is 38.3 Å². The number of carbonyl (C=O) groups is 1. The summed E-state index contributed by atoms with van der Waals surface area (Å²) in [7, 11) is 0. The molecular weight excluding hydrogens is 245 g/mol. The average Bonchev–Trinajstić information content (AvgIpc) is 2.28. The molecule has 3 nitrogen and oxygen atoms in total. The van der Waals surface area contributed by atoms with E-state index in [1.807, 2.05) is 0 Å². The molecule has 0 saturated carbocycles. The van der Waals surface area contributed by atoms with E-state index in [0.29, 0.717) is 18.0 Å². The van der Waals surface area contributed by atoms with Gasteiger partial charge in [0.15, 0.2) is 6.23 Å². The Hall–Kier alpha value is -1.13. The summed E-state index contributed by atoms with van der Waals surface area (Å²) in [6.45, 7) is 1.96. The number of esters is 1. The fourth-order valence-electron chi connectivity index (χ4n) is 1.33. The minimum atomic E-state index is -0.559. The van der Waals surface area contributed by atoms with Crippen molar-refractivity contribution < 1.29 is 13.9 Å². The zero-order chi connectivity index (χ0) is 12.7. The van der Waals surface area contributed by atoms with Crippen molar-refractivity contribution in [1.29, 1.82) is 0 Å². The molecule has 0 amide bonds. The number of ether oxygens (including phenoxy) is 1. The van der Waals surface area contributed by atoms with Crippen LogP contribution in [0, 0.1) is 5.82 Å². The maximum absolute atomic E-state index is 12.8. The van der Waals surface area contributed by atoms with Crippen molar-refractivity contribution in [3.63, 3.8) is 0 Å². The normalized spacial score (nSPS) is 12.2. The van der Waals surface area contributed by atoms with E-state index in [2.05, 4.69) is 5.32 Å². The lowest BCUT2D eigenvalue weighted by Crippen LogP contribution is -2.26. The highest BCUT2D eigenvalue weighted by atomic mass is 35.5. The van der Waals surface area contributed by atoms with Gasteiger partial charge in [0.1, 0.15) is 5.82 Å². The van der Waals surface area contributed by atoms with Gasteiger partial charge in [-0.3, -0.25) is 10.1 Å². The molecule has 0 radical (unpaired) electrons. The predicted molar refractivity (Wildman–Crippen MR) is 64.2 cm³/mol. The van der Waals surface area contributed by atoms with E-state index >= 15 is 0 Å². The second-order valence-corrected chi connectivity index (χ2v) is 3.92. The van der Waals surface area contributed by atoms with Crippen molar-refractivity contribution in [2.75, 3.05) is 12.4 Å². The van der Waals surface area contributed by atoms with Crippen molar-refractivity contribution in [3.8, 4) is 0 Å². The number of carbonyl (C=O) groups excluding carboxylic acids is 1. The smallest absolute Gasteiger partial charge is 0.304 e. The Morgan fingerprint density at radius 1 is 1.47 bits per heavy atom. The van der Waals surface area contributed by atoms with Crippen LogP contribution in [0.1, 0.15) is 25.1 Å². The number of alkyl halides is 1. The molecule has 1 rings (SSSR count). The molecule has 5 heteroatoms. The van der Waals surface area contributed by atoms with E-state index in [-0.39, 0.29) is 5.82 Å². The summed E-state index contributed by atoms with van der Waals surface area (Å²) < 4.78 is 17.9. The summed E-state index contributed by atoms with van der Waals surface area (Å²) in [6, 6.07) is 5.82. The van der Waals surface area contributed by atoms with Crippen molar-refractivity contribution in [2.24, 2.45) is 0 Å². The SMILES string of the molecule is CC(=O)OC(NCCCCl)c1ccc(F)cc1. The van der Waals surface area contributed by atoms with Crippen molar-refractivity contribution >= 4 is 17.6 Å². The van der Waals surface area contributed by atoms with Crippen molar-refractivity contribution in [2.45, 2.75) is 19.6 Å². The van der Waals surface area contributed by atoms with Gasteiger partial charge in [-0.1, -0.05) is 12.1 Å². The van der Waals surface area contributed by atoms with Gasteiger partial charge in [0.05, 0.1) is 0 Å². The van der Waals surface area contributed by atoms with Crippen LogP contribution in [-0.2, 0) is 9.53 Å². The van der Waals surface area contributed by atoms with Crippen molar-refractivity contribution in [3.05, 3.63) is 35.6 Å². The quantitative estimate of drug-likeness (QED) is 0.369. The van der Waals surface area contributed by atoms with Crippen LogP contribution in [0.25, 0.3) is 0 Å². The Kier molecular flexibility index (Phi) is 5.94. The molecule has 0 aliphatic rings. The molecule has 0 aromatic heterocycles. The maximum atomic E-state index is 12.8. The molecule has 0 heterocycles. The summed E-state index contributed by atoms with van der Waals surface area (Å²) in [6.07, 6.45) is 0.205. The fourth-order valence-corrected chi connectivity index (χ4v) is 1.46. The van der Waals surface area contributed by atoms with Gasteiger partial charge in [-0.2, -0.15) is 0 Å². The Morgan fingerprint density at radius 2 is 2.12 bits per heavy atom. The first kappa shape index (κ1) is 13.9. The Labute approximate surface area is 105 Å². The molecule has 1 atom stereocenters. The summed E-state index contributed by atoms with van der Waals surface area (Å²) in [5, 5.41) is 3.04. The molecule has 0 aliphatic carbocycles. The first-order chi connectivity index (χ1) is 8.13. The van der Waals surface area contributed by atoms with Crippen LogP contribution in [0.4, 0.5) is 4.39 Å². The lowest BCUT2D eigenvalue weighted by Gasteiger charge is -2.18. The summed E-state index contributed by atoms with van der Waals surface area (Å²) in [4.78, 5) is 11.0. The lowest BCUT2D eigenvalue weighted by molar-refractivity contribution is -0.148. The first-order valence-corrected chi connectivity index (χ1v) is 5.89. The molecule has 1 aromatic carbocycles. The minimum absolute atomic E-state index is 0.323. The highest BCUT2D eigenvalue weighted by Gasteiger charge is 2.13. The first-order valence-electron chi connectivity index (χ1n) is 5.35. The number of hydrogen-bond donors (Lipinski definition) is 1. The highest BCUT2D eigenvalue weighted by Crippen LogP contribution is 2.15. The molecule has 0 spiro atoms. The number of hydrogen-bond acceptors (Lipinski definition) is 3.